The molecule has 1 N–H and O–H groups in total. The van der Waals surface area contributed by atoms with E-state index in [-0.39, 0.29) is 18.4 Å². The van der Waals surface area contributed by atoms with Crippen molar-refractivity contribution in [1.82, 2.24) is 0 Å². The van der Waals surface area contributed by atoms with Crippen LogP contribution in [-0.4, -0.2) is 18.8 Å². The van der Waals surface area contributed by atoms with Gasteiger partial charge >= 0.3 is 0 Å². The minimum Gasteiger partial charge on any atom is -0.482 e. The molecular formula is C12H13NO3. The van der Waals surface area contributed by atoms with Crippen molar-refractivity contribution in [3.63, 3.8) is 0 Å². The Labute approximate surface area is 93.6 Å². The van der Waals surface area contributed by atoms with Gasteiger partial charge in [-0.05, 0) is 23.6 Å². The molecule has 4 heteroatoms. The van der Waals surface area contributed by atoms with Gasteiger partial charge in [-0.25, -0.2) is 0 Å². The van der Waals surface area contributed by atoms with Gasteiger partial charge in [-0.1, -0.05) is 13.0 Å². The van der Waals surface area contributed by atoms with Crippen molar-refractivity contribution in [2.75, 3.05) is 11.9 Å². The number of rotatable bonds is 3. The van der Waals surface area contributed by atoms with E-state index in [1.807, 2.05) is 25.1 Å². The molecule has 1 aromatic rings. The highest BCUT2D eigenvalue weighted by atomic mass is 16.5. The largest absolute Gasteiger partial charge is 0.482 e. The van der Waals surface area contributed by atoms with E-state index in [0.717, 1.165) is 11.8 Å². The molecule has 1 amide bonds. The summed E-state index contributed by atoms with van der Waals surface area (Å²) in [5.41, 5.74) is 1.74. The minimum atomic E-state index is -0.138. The Morgan fingerprint density at radius 3 is 3.12 bits per heavy atom. The second-order valence-electron chi connectivity index (χ2n) is 3.90. The maximum atomic E-state index is 11.1. The summed E-state index contributed by atoms with van der Waals surface area (Å²) >= 11 is 0. The number of hydrogen-bond donors (Lipinski definition) is 1. The van der Waals surface area contributed by atoms with Gasteiger partial charge in [0.2, 0.25) is 0 Å². The van der Waals surface area contributed by atoms with Crippen molar-refractivity contribution in [3.05, 3.63) is 23.8 Å². The Balaban J connectivity index is 2.25. The van der Waals surface area contributed by atoms with Crippen LogP contribution in [0.2, 0.25) is 0 Å². The second kappa shape index (κ2) is 4.35. The summed E-state index contributed by atoms with van der Waals surface area (Å²) in [4.78, 5) is 21.5. The molecule has 0 aliphatic carbocycles. The maximum Gasteiger partial charge on any atom is 0.262 e. The van der Waals surface area contributed by atoms with Crippen LogP contribution in [0.25, 0.3) is 0 Å². The number of carbonyl (C=O) groups excluding carboxylic acids is 2. The van der Waals surface area contributed by atoms with Crippen LogP contribution in [0.15, 0.2) is 18.2 Å². The molecule has 0 fully saturated rings. The van der Waals surface area contributed by atoms with Gasteiger partial charge in [0.25, 0.3) is 5.91 Å². The van der Waals surface area contributed by atoms with Crippen molar-refractivity contribution in [2.45, 2.75) is 19.3 Å². The average Bonchev–Trinajstić information content (AvgIpc) is 2.28. The van der Waals surface area contributed by atoms with Gasteiger partial charge in [0.1, 0.15) is 12.0 Å². The quantitative estimate of drug-likeness (QED) is 0.787. The van der Waals surface area contributed by atoms with E-state index in [4.69, 9.17) is 4.74 Å². The monoisotopic (exact) mass is 219 g/mol. The molecule has 1 unspecified atom stereocenters. The normalized spacial score (nSPS) is 15.7. The lowest BCUT2D eigenvalue weighted by Gasteiger charge is -2.19. The number of carbonyl (C=O) groups is 2. The molecule has 2 rings (SSSR count). The van der Waals surface area contributed by atoms with Crippen LogP contribution in [0.3, 0.4) is 0 Å². The molecule has 1 aliphatic heterocycles. The number of anilines is 1. The summed E-state index contributed by atoms with van der Waals surface area (Å²) in [6.07, 6.45) is 1.40. The van der Waals surface area contributed by atoms with Gasteiger partial charge in [0.05, 0.1) is 5.69 Å². The van der Waals surface area contributed by atoms with Gasteiger partial charge in [-0.2, -0.15) is 0 Å². The highest BCUT2D eigenvalue weighted by Crippen LogP contribution is 2.31. The standard InChI is InChI=1S/C12H13NO3/c1-8(4-5-14)9-2-3-10-11(6-9)16-7-12(15)13-10/h2-3,5-6,8H,4,7H2,1H3,(H,13,15). The number of hydrogen-bond acceptors (Lipinski definition) is 3. The van der Waals surface area contributed by atoms with E-state index in [0.29, 0.717) is 17.9 Å². The maximum absolute atomic E-state index is 11.1. The molecule has 0 saturated carbocycles. The number of fused-ring (bicyclic) bond motifs is 1. The number of nitrogens with one attached hydrogen (secondary N) is 1. The second-order valence-corrected chi connectivity index (χ2v) is 3.90. The van der Waals surface area contributed by atoms with Gasteiger partial charge in [-0.3, -0.25) is 4.79 Å². The van der Waals surface area contributed by atoms with E-state index in [1.165, 1.54) is 0 Å². The summed E-state index contributed by atoms with van der Waals surface area (Å²) in [7, 11) is 0. The van der Waals surface area contributed by atoms with Crippen LogP contribution in [0.5, 0.6) is 5.75 Å². The third-order valence-electron chi connectivity index (χ3n) is 2.66. The first kappa shape index (κ1) is 10.7. The fourth-order valence-corrected chi connectivity index (χ4v) is 1.68. The smallest absolute Gasteiger partial charge is 0.262 e. The average molecular weight is 219 g/mol. The molecular weight excluding hydrogens is 206 g/mol. The van der Waals surface area contributed by atoms with E-state index >= 15 is 0 Å². The Morgan fingerprint density at radius 2 is 2.38 bits per heavy atom. The first-order chi connectivity index (χ1) is 7.70. The molecule has 0 aromatic heterocycles. The lowest BCUT2D eigenvalue weighted by Crippen LogP contribution is -2.25. The fraction of sp³-hybridized carbons (Fsp3) is 0.333. The number of amides is 1. The Hall–Kier alpha value is -1.84. The van der Waals surface area contributed by atoms with Crippen molar-refractivity contribution in [1.29, 1.82) is 0 Å². The zero-order chi connectivity index (χ0) is 11.5. The van der Waals surface area contributed by atoms with Crippen LogP contribution in [-0.2, 0) is 9.59 Å². The molecule has 1 atom stereocenters. The lowest BCUT2D eigenvalue weighted by atomic mass is 9.98. The first-order valence-electron chi connectivity index (χ1n) is 5.21. The summed E-state index contributed by atoms with van der Waals surface area (Å²) < 4.78 is 5.30. The zero-order valence-electron chi connectivity index (χ0n) is 9.03. The van der Waals surface area contributed by atoms with Crippen LogP contribution >= 0.6 is 0 Å². The van der Waals surface area contributed by atoms with Crippen molar-refractivity contribution < 1.29 is 14.3 Å². The summed E-state index contributed by atoms with van der Waals surface area (Å²) in [5, 5.41) is 2.72. The summed E-state index contributed by atoms with van der Waals surface area (Å²) in [6, 6.07) is 5.59. The van der Waals surface area contributed by atoms with Gasteiger partial charge in [0.15, 0.2) is 6.61 Å². The van der Waals surface area contributed by atoms with Crippen molar-refractivity contribution in [3.8, 4) is 5.75 Å². The number of ether oxygens (including phenoxy) is 1. The SMILES string of the molecule is CC(CC=O)c1ccc2c(c1)OCC(=O)N2. The highest BCUT2D eigenvalue weighted by molar-refractivity contribution is 5.95. The molecule has 0 spiro atoms. The van der Waals surface area contributed by atoms with E-state index in [1.54, 1.807) is 0 Å². The highest BCUT2D eigenvalue weighted by Gasteiger charge is 2.17. The predicted octanol–water partition coefficient (Wildman–Crippen LogP) is 1.71. The van der Waals surface area contributed by atoms with Gasteiger partial charge < -0.3 is 14.8 Å². The fourth-order valence-electron chi connectivity index (χ4n) is 1.68. The number of aldehydes is 1. The minimum absolute atomic E-state index is 0.0541. The molecule has 84 valence electrons. The van der Waals surface area contributed by atoms with E-state index in [9.17, 15) is 9.59 Å². The third kappa shape index (κ3) is 2.05. The summed E-state index contributed by atoms with van der Waals surface area (Å²) in [5.74, 6) is 0.708. The van der Waals surface area contributed by atoms with E-state index < -0.39 is 0 Å². The molecule has 0 saturated heterocycles. The Kier molecular flexibility index (Phi) is 2.90. The molecule has 0 radical (unpaired) electrons. The topological polar surface area (TPSA) is 55.4 Å². The van der Waals surface area contributed by atoms with Crippen molar-refractivity contribution in [2.24, 2.45) is 0 Å². The van der Waals surface area contributed by atoms with Gasteiger partial charge in [-0.15, -0.1) is 0 Å². The van der Waals surface area contributed by atoms with Crippen molar-refractivity contribution >= 4 is 17.9 Å². The van der Waals surface area contributed by atoms with Crippen LogP contribution < -0.4 is 10.1 Å². The van der Waals surface area contributed by atoms with E-state index in [2.05, 4.69) is 5.32 Å². The molecule has 16 heavy (non-hydrogen) atoms. The zero-order valence-corrected chi connectivity index (χ0v) is 9.03. The molecule has 1 aliphatic rings. The predicted molar refractivity (Wildman–Crippen MR) is 59.7 cm³/mol. The van der Waals surface area contributed by atoms with Crippen LogP contribution in [0.1, 0.15) is 24.8 Å². The molecule has 4 nitrogen and oxygen atoms in total. The lowest BCUT2D eigenvalue weighted by molar-refractivity contribution is -0.118. The summed E-state index contributed by atoms with van der Waals surface area (Å²) in [6.45, 7) is 2.04. The molecule has 0 bridgehead atoms. The third-order valence-corrected chi connectivity index (χ3v) is 2.66. The Morgan fingerprint density at radius 1 is 1.56 bits per heavy atom. The molecule has 1 heterocycles. The first-order valence-corrected chi connectivity index (χ1v) is 5.21. The number of benzene rings is 1. The van der Waals surface area contributed by atoms with Gasteiger partial charge in [0, 0.05) is 6.42 Å². The molecule has 1 aromatic carbocycles. The van der Waals surface area contributed by atoms with Crippen LogP contribution in [0, 0.1) is 0 Å². The Bertz CT molecular complexity index is 428. The van der Waals surface area contributed by atoms with Crippen LogP contribution in [0.4, 0.5) is 5.69 Å².